The Morgan fingerprint density at radius 1 is 0.289 bits per heavy atom. The summed E-state index contributed by atoms with van der Waals surface area (Å²) in [7, 11) is 0. The number of hydrogen-bond acceptors (Lipinski definition) is 2. The lowest BCUT2D eigenvalue weighted by Gasteiger charge is -2.24. The molecule has 0 fully saturated rings. The zero-order chi connectivity index (χ0) is 25.9. The van der Waals surface area contributed by atoms with E-state index >= 15 is 0 Å². The normalized spacial score (nSPS) is 10.8. The van der Waals surface area contributed by atoms with Crippen LogP contribution in [0.15, 0.2) is 146 Å². The largest absolute Gasteiger partial charge is 0.508 e. The highest BCUT2D eigenvalue weighted by Crippen LogP contribution is 2.50. The highest BCUT2D eigenvalue weighted by molar-refractivity contribution is 6.07. The van der Waals surface area contributed by atoms with Gasteiger partial charge in [0, 0.05) is 0 Å². The van der Waals surface area contributed by atoms with Gasteiger partial charge in [0.05, 0.1) is 0 Å². The van der Waals surface area contributed by atoms with E-state index in [9.17, 15) is 10.2 Å². The third-order valence-electron chi connectivity index (χ3n) is 6.87. The third-order valence-corrected chi connectivity index (χ3v) is 6.87. The number of benzene rings is 6. The second-order valence-corrected chi connectivity index (χ2v) is 9.29. The number of hydrogen-bond donors (Lipinski definition) is 2. The first-order valence-electron chi connectivity index (χ1n) is 12.6. The fourth-order valence-corrected chi connectivity index (χ4v) is 5.12. The van der Waals surface area contributed by atoms with E-state index in [2.05, 4.69) is 78.9 Å². The molecule has 2 nitrogen and oxygen atoms in total. The summed E-state index contributed by atoms with van der Waals surface area (Å²) in [4.78, 5) is 0. The van der Waals surface area contributed by atoms with Crippen LogP contribution in [0.4, 0.5) is 0 Å². The first-order valence-corrected chi connectivity index (χ1v) is 12.6. The summed E-state index contributed by atoms with van der Waals surface area (Å²) in [6, 6.07) is 48.5. The van der Waals surface area contributed by atoms with Gasteiger partial charge in [-0.25, -0.2) is 0 Å². The van der Waals surface area contributed by atoms with Crippen molar-refractivity contribution in [3.8, 4) is 67.1 Å². The summed E-state index contributed by atoms with van der Waals surface area (Å²) in [6.07, 6.45) is 0. The quantitative estimate of drug-likeness (QED) is 0.253. The van der Waals surface area contributed by atoms with Crippen molar-refractivity contribution in [2.24, 2.45) is 0 Å². The fraction of sp³-hybridized carbons (Fsp3) is 0. The Bertz CT molecular complexity index is 1670. The van der Waals surface area contributed by atoms with Gasteiger partial charge >= 0.3 is 0 Å². The molecule has 0 spiro atoms. The summed E-state index contributed by atoms with van der Waals surface area (Å²) >= 11 is 0. The number of phenolic OH excluding ortho intramolecular Hbond substituents is 2. The summed E-state index contributed by atoms with van der Waals surface area (Å²) in [5, 5.41) is 20.2. The van der Waals surface area contributed by atoms with Gasteiger partial charge in [0.25, 0.3) is 0 Å². The molecule has 0 unspecified atom stereocenters. The molecule has 0 amide bonds. The lowest BCUT2D eigenvalue weighted by atomic mass is 9.79. The van der Waals surface area contributed by atoms with Crippen molar-refractivity contribution in [2.45, 2.75) is 0 Å². The van der Waals surface area contributed by atoms with Crippen LogP contribution in [-0.4, -0.2) is 10.2 Å². The average molecular weight is 491 g/mol. The van der Waals surface area contributed by atoms with Gasteiger partial charge in [-0.2, -0.15) is 0 Å². The van der Waals surface area contributed by atoms with E-state index in [0.717, 1.165) is 55.6 Å². The van der Waals surface area contributed by atoms with Gasteiger partial charge in [0.15, 0.2) is 0 Å². The molecule has 182 valence electrons. The second-order valence-electron chi connectivity index (χ2n) is 9.29. The number of phenols is 2. The molecule has 6 aromatic carbocycles. The molecule has 0 aliphatic carbocycles. The summed E-state index contributed by atoms with van der Waals surface area (Å²) < 4.78 is 0. The van der Waals surface area contributed by atoms with E-state index in [1.54, 1.807) is 24.3 Å². The molecule has 2 N–H and O–H groups in total. The smallest absolute Gasteiger partial charge is 0.115 e. The Labute approximate surface area is 222 Å². The van der Waals surface area contributed by atoms with Crippen LogP contribution in [0.5, 0.6) is 11.5 Å². The molecule has 0 aliphatic rings. The standard InChI is InChI=1S/C36H26O2/c37-30-20-16-28(17-21-30)35-33(26-12-6-2-7-13-26)24-32(25-10-4-1-5-11-25)34(27-14-8-3-9-15-27)36(35)29-18-22-31(38)23-19-29/h1-24,37-38H. The van der Waals surface area contributed by atoms with Gasteiger partial charge in [-0.3, -0.25) is 0 Å². The molecule has 0 saturated carbocycles. The van der Waals surface area contributed by atoms with Crippen molar-refractivity contribution in [1.82, 2.24) is 0 Å². The Balaban J connectivity index is 1.84. The lowest BCUT2D eigenvalue weighted by molar-refractivity contribution is 0.475. The molecule has 0 aromatic heterocycles. The van der Waals surface area contributed by atoms with E-state index in [1.807, 2.05) is 42.5 Å². The Morgan fingerprint density at radius 2 is 0.605 bits per heavy atom. The average Bonchev–Trinajstić information content (AvgIpc) is 2.98. The zero-order valence-electron chi connectivity index (χ0n) is 20.8. The Morgan fingerprint density at radius 3 is 1.00 bits per heavy atom. The molecule has 0 bridgehead atoms. The monoisotopic (exact) mass is 490 g/mol. The van der Waals surface area contributed by atoms with E-state index < -0.39 is 0 Å². The fourth-order valence-electron chi connectivity index (χ4n) is 5.12. The maximum absolute atomic E-state index is 10.1. The van der Waals surface area contributed by atoms with Crippen molar-refractivity contribution < 1.29 is 10.2 Å². The minimum atomic E-state index is 0.226. The van der Waals surface area contributed by atoms with Crippen LogP contribution < -0.4 is 0 Å². The van der Waals surface area contributed by atoms with Gasteiger partial charge in [-0.15, -0.1) is 0 Å². The first kappa shape index (κ1) is 23.3. The van der Waals surface area contributed by atoms with Crippen molar-refractivity contribution in [1.29, 1.82) is 0 Å². The summed E-state index contributed by atoms with van der Waals surface area (Å²) in [5.74, 6) is 0.453. The summed E-state index contributed by atoms with van der Waals surface area (Å²) in [5.41, 5.74) is 10.8. The van der Waals surface area contributed by atoms with Gasteiger partial charge < -0.3 is 10.2 Å². The minimum Gasteiger partial charge on any atom is -0.508 e. The molecular formula is C36H26O2. The predicted molar refractivity (Wildman–Crippen MR) is 157 cm³/mol. The van der Waals surface area contributed by atoms with Crippen LogP contribution in [0.2, 0.25) is 0 Å². The van der Waals surface area contributed by atoms with Crippen molar-refractivity contribution >= 4 is 0 Å². The SMILES string of the molecule is Oc1ccc(-c2c(-c3ccccc3)cc(-c3ccccc3)c(-c3ccccc3)c2-c2ccc(O)cc2)cc1. The van der Waals surface area contributed by atoms with Crippen LogP contribution in [0, 0.1) is 0 Å². The van der Waals surface area contributed by atoms with Crippen LogP contribution in [0.25, 0.3) is 55.6 Å². The van der Waals surface area contributed by atoms with Crippen molar-refractivity contribution in [3.05, 3.63) is 146 Å². The minimum absolute atomic E-state index is 0.226. The number of rotatable bonds is 5. The first-order chi connectivity index (χ1) is 18.7. The molecule has 0 radical (unpaired) electrons. The van der Waals surface area contributed by atoms with Crippen LogP contribution in [0.3, 0.4) is 0 Å². The molecule has 0 heterocycles. The van der Waals surface area contributed by atoms with Crippen LogP contribution in [-0.2, 0) is 0 Å². The highest BCUT2D eigenvalue weighted by Gasteiger charge is 2.23. The second kappa shape index (κ2) is 10.1. The Hall–Kier alpha value is -5.08. The van der Waals surface area contributed by atoms with Gasteiger partial charge in [0.1, 0.15) is 11.5 Å². The zero-order valence-corrected chi connectivity index (χ0v) is 20.8. The van der Waals surface area contributed by atoms with E-state index in [1.165, 1.54) is 0 Å². The van der Waals surface area contributed by atoms with Crippen molar-refractivity contribution in [2.75, 3.05) is 0 Å². The molecule has 6 aromatic rings. The van der Waals surface area contributed by atoms with E-state index in [4.69, 9.17) is 0 Å². The van der Waals surface area contributed by atoms with Crippen LogP contribution in [0.1, 0.15) is 0 Å². The summed E-state index contributed by atoms with van der Waals surface area (Å²) in [6.45, 7) is 0. The third kappa shape index (κ3) is 4.44. The Kier molecular flexibility index (Phi) is 6.21. The molecule has 2 heteroatoms. The maximum atomic E-state index is 10.1. The van der Waals surface area contributed by atoms with E-state index in [0.29, 0.717) is 0 Å². The van der Waals surface area contributed by atoms with Gasteiger partial charge in [0.2, 0.25) is 0 Å². The topological polar surface area (TPSA) is 40.5 Å². The molecular weight excluding hydrogens is 464 g/mol. The molecule has 6 rings (SSSR count). The molecule has 38 heavy (non-hydrogen) atoms. The number of aromatic hydroxyl groups is 2. The maximum Gasteiger partial charge on any atom is 0.115 e. The highest BCUT2D eigenvalue weighted by atomic mass is 16.3. The van der Waals surface area contributed by atoms with Crippen LogP contribution >= 0.6 is 0 Å². The lowest BCUT2D eigenvalue weighted by Crippen LogP contribution is -1.98. The molecule has 0 aliphatic heterocycles. The van der Waals surface area contributed by atoms with E-state index in [-0.39, 0.29) is 11.5 Å². The predicted octanol–water partition coefficient (Wildman–Crippen LogP) is 9.43. The molecule has 0 atom stereocenters. The molecule has 0 saturated heterocycles. The van der Waals surface area contributed by atoms with Gasteiger partial charge in [-0.1, -0.05) is 115 Å². The van der Waals surface area contributed by atoms with Gasteiger partial charge in [-0.05, 0) is 86.0 Å². The van der Waals surface area contributed by atoms with Crippen molar-refractivity contribution in [3.63, 3.8) is 0 Å².